The first-order valence-corrected chi connectivity index (χ1v) is 10.7. The predicted octanol–water partition coefficient (Wildman–Crippen LogP) is 5.32. The third kappa shape index (κ3) is 3.65. The molecule has 5 heteroatoms. The number of hydrogen-bond acceptors (Lipinski definition) is 4. The number of amides is 1. The molecular weight excluding hydrogens is 390 g/mol. The Morgan fingerprint density at radius 2 is 1.90 bits per heavy atom. The number of carbonyl (C=O) groups is 1. The molecule has 1 atom stereocenters. The lowest BCUT2D eigenvalue weighted by Gasteiger charge is -2.25. The van der Waals surface area contributed by atoms with Gasteiger partial charge in [-0.05, 0) is 55.2 Å². The molecule has 0 N–H and O–H groups in total. The number of nitrogens with zero attached hydrogens (tertiary/aromatic N) is 1. The molecule has 0 fully saturated rings. The summed E-state index contributed by atoms with van der Waals surface area (Å²) in [5, 5.41) is 0.547. The van der Waals surface area contributed by atoms with Gasteiger partial charge in [-0.2, -0.15) is 0 Å². The Morgan fingerprint density at radius 1 is 1.16 bits per heavy atom. The molecule has 0 spiro atoms. The average Bonchev–Trinajstić information content (AvgIpc) is 3.02. The van der Waals surface area contributed by atoms with Gasteiger partial charge in [0.2, 0.25) is 5.76 Å². The molecule has 2 aromatic carbocycles. The van der Waals surface area contributed by atoms with E-state index in [2.05, 4.69) is 13.5 Å². The molecule has 1 aromatic heterocycles. The number of ether oxygens (including phenoxy) is 1. The van der Waals surface area contributed by atoms with Crippen LogP contribution in [0.4, 0.5) is 0 Å². The summed E-state index contributed by atoms with van der Waals surface area (Å²) in [6.45, 7) is 10.6. The highest BCUT2D eigenvalue weighted by molar-refractivity contribution is 5.99. The maximum Gasteiger partial charge on any atom is 0.290 e. The van der Waals surface area contributed by atoms with Crippen molar-refractivity contribution in [1.29, 1.82) is 0 Å². The van der Waals surface area contributed by atoms with Gasteiger partial charge in [0.25, 0.3) is 5.91 Å². The third-order valence-electron chi connectivity index (χ3n) is 5.73. The smallest absolute Gasteiger partial charge is 0.290 e. The Bertz CT molecular complexity index is 1210. The molecule has 1 aliphatic heterocycles. The van der Waals surface area contributed by atoms with E-state index >= 15 is 0 Å². The highest BCUT2D eigenvalue weighted by Crippen LogP contribution is 2.39. The Morgan fingerprint density at radius 3 is 2.58 bits per heavy atom. The zero-order valence-electron chi connectivity index (χ0n) is 18.2. The minimum atomic E-state index is -0.469. The summed E-state index contributed by atoms with van der Waals surface area (Å²) >= 11 is 0. The number of rotatable bonds is 7. The van der Waals surface area contributed by atoms with E-state index in [4.69, 9.17) is 9.15 Å². The first-order valence-electron chi connectivity index (χ1n) is 10.7. The lowest BCUT2D eigenvalue weighted by atomic mass is 9.96. The maximum atomic E-state index is 13.6. The van der Waals surface area contributed by atoms with Gasteiger partial charge in [-0.1, -0.05) is 44.2 Å². The van der Waals surface area contributed by atoms with Crippen LogP contribution in [0.5, 0.6) is 5.75 Å². The minimum absolute atomic E-state index is 0.127. The van der Waals surface area contributed by atoms with Gasteiger partial charge >= 0.3 is 0 Å². The van der Waals surface area contributed by atoms with Gasteiger partial charge in [-0.25, -0.2) is 0 Å². The summed E-state index contributed by atoms with van der Waals surface area (Å²) in [6, 6.07) is 10.9. The van der Waals surface area contributed by atoms with Crippen molar-refractivity contribution >= 4 is 16.9 Å². The maximum absolute atomic E-state index is 13.6. The fourth-order valence-electron chi connectivity index (χ4n) is 4.32. The molecule has 0 saturated carbocycles. The van der Waals surface area contributed by atoms with Crippen molar-refractivity contribution in [3.63, 3.8) is 0 Å². The summed E-state index contributed by atoms with van der Waals surface area (Å²) in [4.78, 5) is 28.7. The molecule has 5 nitrogen and oxygen atoms in total. The van der Waals surface area contributed by atoms with Gasteiger partial charge in [0.15, 0.2) is 5.43 Å². The number of benzene rings is 2. The summed E-state index contributed by atoms with van der Waals surface area (Å²) in [7, 11) is 0. The molecule has 0 aliphatic carbocycles. The second kappa shape index (κ2) is 8.42. The molecule has 160 valence electrons. The zero-order valence-corrected chi connectivity index (χ0v) is 18.2. The molecule has 0 saturated heterocycles. The first-order chi connectivity index (χ1) is 15.0. The van der Waals surface area contributed by atoms with Crippen molar-refractivity contribution in [3.05, 3.63) is 87.3 Å². The Hall–Kier alpha value is -3.34. The highest BCUT2D eigenvalue weighted by Gasteiger charge is 2.42. The molecule has 4 rings (SSSR count). The molecule has 1 aliphatic rings. The standard InChI is InChI=1S/C26H27NO4/c1-5-7-12-27-23(18-8-10-19(11-9-18)30-13-6-2)22-24(28)21-17(4)14-16(3)15-20(21)31-25(22)26(27)29/h6,8-11,14-15,23H,2,5,7,12-13H2,1,3-4H3. The van der Waals surface area contributed by atoms with E-state index in [1.807, 2.05) is 50.2 Å². The molecule has 31 heavy (non-hydrogen) atoms. The molecule has 2 heterocycles. The fraction of sp³-hybridized carbons (Fsp3) is 0.308. The summed E-state index contributed by atoms with van der Waals surface area (Å²) in [5.74, 6) is 0.652. The van der Waals surface area contributed by atoms with Gasteiger partial charge < -0.3 is 14.1 Å². The first kappa shape index (κ1) is 20.9. The summed E-state index contributed by atoms with van der Waals surface area (Å²) in [6.07, 6.45) is 3.48. The van der Waals surface area contributed by atoms with Crippen LogP contribution in [0, 0.1) is 13.8 Å². The highest BCUT2D eigenvalue weighted by atomic mass is 16.5. The van der Waals surface area contributed by atoms with E-state index in [1.165, 1.54) is 0 Å². The van der Waals surface area contributed by atoms with Gasteiger partial charge in [-0.15, -0.1) is 0 Å². The quantitative estimate of drug-likeness (QED) is 0.488. The van der Waals surface area contributed by atoms with Gasteiger partial charge in [0, 0.05) is 6.54 Å². The number of hydrogen-bond donors (Lipinski definition) is 0. The van der Waals surface area contributed by atoms with Crippen molar-refractivity contribution in [3.8, 4) is 5.75 Å². The van der Waals surface area contributed by atoms with Gasteiger partial charge in [0.1, 0.15) is 17.9 Å². The van der Waals surface area contributed by atoms with Crippen LogP contribution in [-0.2, 0) is 0 Å². The van der Waals surface area contributed by atoms with E-state index in [0.717, 1.165) is 29.5 Å². The fourth-order valence-corrected chi connectivity index (χ4v) is 4.32. The van der Waals surface area contributed by atoms with Crippen LogP contribution < -0.4 is 10.2 Å². The second-order valence-electron chi connectivity index (χ2n) is 8.05. The van der Waals surface area contributed by atoms with E-state index in [1.54, 1.807) is 11.0 Å². The Kier molecular flexibility index (Phi) is 5.68. The van der Waals surface area contributed by atoms with Crippen LogP contribution in [0.15, 0.2) is 58.3 Å². The van der Waals surface area contributed by atoms with Crippen molar-refractivity contribution in [1.82, 2.24) is 4.90 Å². The van der Waals surface area contributed by atoms with Crippen molar-refractivity contribution in [2.24, 2.45) is 0 Å². The predicted molar refractivity (Wildman–Crippen MR) is 122 cm³/mol. The lowest BCUT2D eigenvalue weighted by molar-refractivity contribution is 0.0725. The van der Waals surface area contributed by atoms with E-state index in [0.29, 0.717) is 35.4 Å². The molecule has 0 bridgehead atoms. The minimum Gasteiger partial charge on any atom is -0.490 e. The monoisotopic (exact) mass is 417 g/mol. The van der Waals surface area contributed by atoms with Crippen LogP contribution in [0.3, 0.4) is 0 Å². The number of unbranched alkanes of at least 4 members (excludes halogenated alkanes) is 1. The lowest BCUT2D eigenvalue weighted by Crippen LogP contribution is -2.30. The number of fused-ring (bicyclic) bond motifs is 2. The average molecular weight is 418 g/mol. The van der Waals surface area contributed by atoms with Crippen molar-refractivity contribution in [2.45, 2.75) is 39.7 Å². The van der Waals surface area contributed by atoms with Gasteiger partial charge in [0.05, 0.1) is 17.0 Å². The SMILES string of the molecule is C=CCOc1ccc(C2c3c(oc4cc(C)cc(C)c4c3=O)C(=O)N2CCCC)cc1. The topological polar surface area (TPSA) is 59.8 Å². The molecule has 3 aromatic rings. The van der Waals surface area contributed by atoms with E-state index in [9.17, 15) is 9.59 Å². The second-order valence-corrected chi connectivity index (χ2v) is 8.05. The zero-order chi connectivity index (χ0) is 22.1. The summed E-state index contributed by atoms with van der Waals surface area (Å²) in [5.41, 5.74) is 3.49. The van der Waals surface area contributed by atoms with Crippen molar-refractivity contribution in [2.75, 3.05) is 13.2 Å². The summed E-state index contributed by atoms with van der Waals surface area (Å²) < 4.78 is 11.7. The van der Waals surface area contributed by atoms with Crippen molar-refractivity contribution < 1.29 is 13.9 Å². The molecular formula is C26H27NO4. The number of carbonyl (C=O) groups excluding carboxylic acids is 1. The van der Waals surface area contributed by atoms with E-state index in [-0.39, 0.29) is 17.1 Å². The number of aryl methyl sites for hydroxylation is 2. The molecule has 1 amide bonds. The molecule has 1 unspecified atom stereocenters. The van der Waals surface area contributed by atoms with Gasteiger partial charge in [-0.3, -0.25) is 9.59 Å². The van der Waals surface area contributed by atoms with Crippen LogP contribution in [0.2, 0.25) is 0 Å². The van der Waals surface area contributed by atoms with Crippen LogP contribution >= 0.6 is 0 Å². The normalized spacial score (nSPS) is 15.4. The van der Waals surface area contributed by atoms with E-state index < -0.39 is 6.04 Å². The Labute approximate surface area is 181 Å². The van der Waals surface area contributed by atoms with Crippen LogP contribution in [0.25, 0.3) is 11.0 Å². The largest absolute Gasteiger partial charge is 0.490 e. The van der Waals surface area contributed by atoms with Crippen LogP contribution in [-0.4, -0.2) is 24.0 Å². The van der Waals surface area contributed by atoms with Crippen LogP contribution in [0.1, 0.15) is 58.6 Å². The Balaban J connectivity index is 1.89. The molecule has 0 radical (unpaired) electrons. The third-order valence-corrected chi connectivity index (χ3v) is 5.73.